The molecular formula is C73H58N2. The molecule has 0 radical (unpaired) electrons. The molecular weight excluding hydrogens is 905 g/mol. The summed E-state index contributed by atoms with van der Waals surface area (Å²) in [6.45, 7) is 9.74. The van der Waals surface area contributed by atoms with Gasteiger partial charge in [0.25, 0.3) is 0 Å². The van der Waals surface area contributed by atoms with E-state index in [-0.39, 0.29) is 16.2 Å². The molecule has 11 aromatic carbocycles. The summed E-state index contributed by atoms with van der Waals surface area (Å²) in [6, 6.07) is 87.5. The Balaban J connectivity index is 1.06. The summed E-state index contributed by atoms with van der Waals surface area (Å²) in [6.07, 6.45) is 4.82. The first kappa shape index (κ1) is 44.1. The van der Waals surface area contributed by atoms with Crippen molar-refractivity contribution in [2.45, 2.75) is 69.6 Å². The van der Waals surface area contributed by atoms with Crippen LogP contribution in [-0.4, -0.2) is 0 Å². The lowest BCUT2D eigenvalue weighted by Gasteiger charge is -2.43. The van der Waals surface area contributed by atoms with Crippen molar-refractivity contribution in [1.82, 2.24) is 0 Å². The van der Waals surface area contributed by atoms with E-state index in [9.17, 15) is 0 Å². The maximum atomic E-state index is 2.58. The van der Waals surface area contributed by atoms with Gasteiger partial charge in [-0.25, -0.2) is 0 Å². The third-order valence-corrected chi connectivity index (χ3v) is 18.1. The van der Waals surface area contributed by atoms with Gasteiger partial charge in [0.1, 0.15) is 0 Å². The Morgan fingerprint density at radius 3 is 1.19 bits per heavy atom. The molecule has 2 nitrogen and oxygen atoms in total. The van der Waals surface area contributed by atoms with Gasteiger partial charge in [-0.2, -0.15) is 0 Å². The van der Waals surface area contributed by atoms with Crippen LogP contribution in [0.5, 0.6) is 0 Å². The zero-order valence-electron chi connectivity index (χ0n) is 43.2. The number of nitrogens with zero attached hydrogens (tertiary/aromatic N) is 2. The number of fused-ring (bicyclic) bond motifs is 11. The molecule has 11 aromatic rings. The van der Waals surface area contributed by atoms with Crippen LogP contribution in [0.3, 0.4) is 0 Å². The fourth-order valence-electron chi connectivity index (χ4n) is 15.0. The highest BCUT2D eigenvalue weighted by atomic mass is 15.2. The van der Waals surface area contributed by atoms with Crippen molar-refractivity contribution in [3.63, 3.8) is 0 Å². The fourth-order valence-corrected chi connectivity index (χ4v) is 15.0. The van der Waals surface area contributed by atoms with Crippen LogP contribution in [0.15, 0.2) is 231 Å². The number of hydrogen-bond donors (Lipinski definition) is 0. The largest absolute Gasteiger partial charge is 0.310 e. The van der Waals surface area contributed by atoms with E-state index in [1.807, 2.05) is 0 Å². The third-order valence-electron chi connectivity index (χ3n) is 18.1. The number of anilines is 6. The topological polar surface area (TPSA) is 6.48 Å². The summed E-state index contributed by atoms with van der Waals surface area (Å²) >= 11 is 0. The van der Waals surface area contributed by atoms with Crippen molar-refractivity contribution >= 4 is 55.7 Å². The molecule has 2 aliphatic carbocycles. The lowest BCUT2D eigenvalue weighted by molar-refractivity contribution is 0.551. The molecule has 0 N–H and O–H groups in total. The standard InChI is InChI=1S/C73H58N2/c1-71(2)61-38-13-15-40-63(61)74(47-24-7-5-8-25-47)65-42-22-34-54(69(65)71)49-29-19-31-52-58(49)46-59-50(55-35-23-43-66-70(55)72(3,4)62-39-14-16-41-64(62)75(66)48-26-9-6-10-27-48)30-20-32-53(59)67(52)57-36-21-33-56-51-28-11-12-37-60(51)73(68(56)57)44-17-18-45-73/h5-16,19-43,46H,17-18,44-45H2,1-4H3. The highest BCUT2D eigenvalue weighted by Crippen LogP contribution is 2.62. The molecule has 2 heteroatoms. The summed E-state index contributed by atoms with van der Waals surface area (Å²) < 4.78 is 0. The van der Waals surface area contributed by atoms with Crippen LogP contribution in [-0.2, 0) is 16.2 Å². The van der Waals surface area contributed by atoms with Crippen molar-refractivity contribution in [1.29, 1.82) is 0 Å². The molecule has 360 valence electrons. The van der Waals surface area contributed by atoms with E-state index in [2.05, 4.69) is 268 Å². The highest BCUT2D eigenvalue weighted by molar-refractivity contribution is 6.20. The maximum Gasteiger partial charge on any atom is 0.0508 e. The molecule has 1 saturated carbocycles. The van der Waals surface area contributed by atoms with Crippen LogP contribution >= 0.6 is 0 Å². The molecule has 4 aliphatic rings. The van der Waals surface area contributed by atoms with Gasteiger partial charge in [-0.05, 0) is 167 Å². The molecule has 1 fully saturated rings. The summed E-state index contributed by atoms with van der Waals surface area (Å²) in [5.41, 5.74) is 25.5. The number of para-hydroxylation sites is 4. The van der Waals surface area contributed by atoms with Gasteiger partial charge in [-0.1, -0.05) is 216 Å². The van der Waals surface area contributed by atoms with Gasteiger partial charge in [-0.15, -0.1) is 0 Å². The van der Waals surface area contributed by atoms with Gasteiger partial charge >= 0.3 is 0 Å². The summed E-state index contributed by atoms with van der Waals surface area (Å²) in [4.78, 5) is 4.99. The second-order valence-corrected chi connectivity index (χ2v) is 22.6. The first-order valence-corrected chi connectivity index (χ1v) is 27.1. The Hall–Kier alpha value is -8.46. The fraction of sp³-hybridized carbons (Fsp3) is 0.151. The number of rotatable bonds is 5. The Kier molecular flexibility index (Phi) is 9.56. The molecule has 1 spiro atoms. The van der Waals surface area contributed by atoms with Crippen molar-refractivity contribution in [2.24, 2.45) is 0 Å². The molecule has 0 saturated heterocycles. The van der Waals surface area contributed by atoms with Gasteiger partial charge in [0.2, 0.25) is 0 Å². The van der Waals surface area contributed by atoms with Gasteiger partial charge in [0.15, 0.2) is 0 Å². The Bertz CT molecular complexity index is 3930. The Morgan fingerprint density at radius 1 is 0.293 bits per heavy atom. The smallest absolute Gasteiger partial charge is 0.0508 e. The minimum atomic E-state index is -0.308. The average molecular weight is 963 g/mol. The van der Waals surface area contributed by atoms with E-state index in [0.29, 0.717) is 0 Å². The van der Waals surface area contributed by atoms with Crippen LogP contribution in [0.1, 0.15) is 86.8 Å². The number of benzene rings is 11. The maximum absolute atomic E-state index is 2.58. The van der Waals surface area contributed by atoms with Crippen molar-refractivity contribution in [3.8, 4) is 44.5 Å². The highest BCUT2D eigenvalue weighted by Gasteiger charge is 2.47. The first-order valence-electron chi connectivity index (χ1n) is 27.1. The first-order chi connectivity index (χ1) is 36.8. The van der Waals surface area contributed by atoms with Crippen LogP contribution in [0, 0.1) is 0 Å². The molecule has 2 heterocycles. The van der Waals surface area contributed by atoms with Crippen LogP contribution in [0.2, 0.25) is 0 Å². The summed E-state index contributed by atoms with van der Waals surface area (Å²) in [5, 5.41) is 5.13. The minimum Gasteiger partial charge on any atom is -0.310 e. The van der Waals surface area contributed by atoms with Crippen LogP contribution < -0.4 is 9.80 Å². The van der Waals surface area contributed by atoms with E-state index in [1.54, 1.807) is 0 Å². The summed E-state index contributed by atoms with van der Waals surface area (Å²) in [5.74, 6) is 0. The van der Waals surface area contributed by atoms with E-state index in [0.717, 1.165) is 11.4 Å². The Labute approximate surface area is 441 Å². The predicted molar refractivity (Wildman–Crippen MR) is 316 cm³/mol. The predicted octanol–water partition coefficient (Wildman–Crippen LogP) is 20.1. The van der Waals surface area contributed by atoms with Crippen molar-refractivity contribution < 1.29 is 0 Å². The quantitative estimate of drug-likeness (QED) is 0.159. The van der Waals surface area contributed by atoms with E-state index in [1.165, 1.54) is 148 Å². The second-order valence-electron chi connectivity index (χ2n) is 22.6. The molecule has 0 bridgehead atoms. The monoisotopic (exact) mass is 962 g/mol. The lowest BCUT2D eigenvalue weighted by Crippen LogP contribution is -2.31. The lowest BCUT2D eigenvalue weighted by atomic mass is 9.69. The third kappa shape index (κ3) is 6.14. The number of hydrogen-bond acceptors (Lipinski definition) is 2. The second kappa shape index (κ2) is 16.3. The molecule has 0 atom stereocenters. The van der Waals surface area contributed by atoms with E-state index >= 15 is 0 Å². The van der Waals surface area contributed by atoms with Gasteiger partial charge < -0.3 is 9.80 Å². The Morgan fingerprint density at radius 2 is 0.667 bits per heavy atom. The van der Waals surface area contributed by atoms with Crippen molar-refractivity contribution in [3.05, 3.63) is 264 Å². The summed E-state index contributed by atoms with van der Waals surface area (Å²) in [7, 11) is 0. The molecule has 2 aliphatic heterocycles. The van der Waals surface area contributed by atoms with Gasteiger partial charge in [-0.3, -0.25) is 0 Å². The molecule has 0 unspecified atom stereocenters. The average Bonchev–Trinajstić information content (AvgIpc) is 4.06. The zero-order chi connectivity index (χ0) is 50.2. The molecule has 0 aromatic heterocycles. The van der Waals surface area contributed by atoms with Crippen molar-refractivity contribution in [2.75, 3.05) is 9.80 Å². The molecule has 15 rings (SSSR count). The van der Waals surface area contributed by atoms with E-state index in [4.69, 9.17) is 0 Å². The SMILES string of the molecule is CC1(C)c2ccccc2N(c2ccccc2)c2cccc(-c3cccc4c(-c5cccc6c5C5(CCCC5)c5ccccc5-6)c5cccc(-c6cccc7c6C(C)(C)c6ccccc6N7c6ccccc6)c5cc34)c21. The zero-order valence-corrected chi connectivity index (χ0v) is 43.2. The minimum absolute atomic E-state index is 0.0279. The van der Waals surface area contributed by atoms with Gasteiger partial charge in [0.05, 0.1) is 22.7 Å². The molecule has 75 heavy (non-hydrogen) atoms. The van der Waals surface area contributed by atoms with Gasteiger partial charge in [0, 0.05) is 27.6 Å². The van der Waals surface area contributed by atoms with E-state index < -0.39 is 0 Å². The molecule has 0 amide bonds. The normalized spacial score (nSPS) is 16.1. The van der Waals surface area contributed by atoms with Crippen LogP contribution in [0.25, 0.3) is 66.1 Å². The van der Waals surface area contributed by atoms with Crippen LogP contribution in [0.4, 0.5) is 34.1 Å².